The third kappa shape index (κ3) is 5.26. The molecule has 1 aliphatic heterocycles. The molecule has 1 rings (SSSR count). The monoisotopic (exact) mass is 374 g/mol. The average molecular weight is 374 g/mol. The Kier molecular flexibility index (Phi) is 8.53. The molecule has 0 aromatic heterocycles. The molecule has 25 heavy (non-hydrogen) atoms. The maximum atomic E-state index is 9.92. The second-order valence-corrected chi connectivity index (χ2v) is 5.78. The van der Waals surface area contributed by atoms with Crippen molar-refractivity contribution in [3.63, 3.8) is 0 Å². The van der Waals surface area contributed by atoms with Gasteiger partial charge in [-0.15, -0.1) is 0 Å². The number of hydrogen-bond acceptors (Lipinski definition) is 12. The van der Waals surface area contributed by atoms with E-state index in [9.17, 15) is 35.7 Å². The molecule has 0 aromatic carbocycles. The summed E-state index contributed by atoms with van der Waals surface area (Å²) in [6, 6.07) is 0. The smallest absolute Gasteiger partial charge is 0.216 e. The van der Waals surface area contributed by atoms with Crippen LogP contribution in [0.1, 0.15) is 0 Å². The molecule has 0 saturated carbocycles. The lowest BCUT2D eigenvalue weighted by atomic mass is 9.99. The first kappa shape index (κ1) is 22.6. The molecule has 9 N–H and O–H groups in total. The van der Waals surface area contributed by atoms with Crippen LogP contribution in [-0.2, 0) is 14.2 Å². The Hall–Kier alpha value is -0.480. The SMILES string of the molecule is COC1C(OC[C@H](O)[C@@H](O)[C@H](O)C(O)(O)CO)OC(CO)C(O)C1O. The topological polar surface area (TPSA) is 210 Å². The minimum absolute atomic E-state index is 0.632. The van der Waals surface area contributed by atoms with Crippen molar-refractivity contribution < 1.29 is 60.2 Å². The Morgan fingerprint density at radius 1 is 1.08 bits per heavy atom. The highest BCUT2D eigenvalue weighted by molar-refractivity contribution is 4.90. The summed E-state index contributed by atoms with van der Waals surface area (Å²) < 4.78 is 15.3. The second kappa shape index (κ2) is 9.45. The van der Waals surface area contributed by atoms with Crippen molar-refractivity contribution in [3.8, 4) is 0 Å². The van der Waals surface area contributed by atoms with Crippen molar-refractivity contribution in [1.82, 2.24) is 0 Å². The van der Waals surface area contributed by atoms with Crippen LogP contribution in [0.3, 0.4) is 0 Å². The third-order valence-electron chi connectivity index (χ3n) is 3.95. The molecule has 1 fully saturated rings. The molecule has 8 atom stereocenters. The fourth-order valence-electron chi connectivity index (χ4n) is 2.31. The highest BCUT2D eigenvalue weighted by Gasteiger charge is 2.46. The molecular weight excluding hydrogens is 348 g/mol. The van der Waals surface area contributed by atoms with Gasteiger partial charge in [0.25, 0.3) is 0 Å². The first-order valence-corrected chi connectivity index (χ1v) is 7.47. The van der Waals surface area contributed by atoms with Crippen molar-refractivity contribution in [2.24, 2.45) is 0 Å². The Balaban J connectivity index is 2.68. The highest BCUT2D eigenvalue weighted by atomic mass is 16.7. The summed E-state index contributed by atoms with van der Waals surface area (Å²) >= 11 is 0. The first-order valence-electron chi connectivity index (χ1n) is 7.47. The van der Waals surface area contributed by atoms with Crippen LogP contribution < -0.4 is 0 Å². The van der Waals surface area contributed by atoms with Gasteiger partial charge in [-0.1, -0.05) is 0 Å². The van der Waals surface area contributed by atoms with Crippen molar-refractivity contribution in [2.45, 2.75) is 54.8 Å². The number of aliphatic hydroxyl groups is 9. The predicted molar refractivity (Wildman–Crippen MR) is 76.8 cm³/mol. The van der Waals surface area contributed by atoms with Crippen molar-refractivity contribution in [1.29, 1.82) is 0 Å². The molecule has 0 amide bonds. The van der Waals surface area contributed by atoms with Gasteiger partial charge in [-0.25, -0.2) is 0 Å². The lowest BCUT2D eigenvalue weighted by Gasteiger charge is -2.41. The molecule has 0 radical (unpaired) electrons. The molecule has 0 spiro atoms. The molecule has 1 heterocycles. The summed E-state index contributed by atoms with van der Waals surface area (Å²) in [5.74, 6) is -3.04. The average Bonchev–Trinajstić information content (AvgIpc) is 2.60. The summed E-state index contributed by atoms with van der Waals surface area (Å²) in [6.07, 6.45) is -12.9. The molecule has 1 saturated heterocycles. The number of rotatable bonds is 9. The summed E-state index contributed by atoms with van der Waals surface area (Å²) in [7, 11) is 1.20. The number of aliphatic hydroxyl groups excluding tert-OH is 7. The van der Waals surface area contributed by atoms with Gasteiger partial charge >= 0.3 is 0 Å². The quantitative estimate of drug-likeness (QED) is 0.173. The zero-order chi connectivity index (χ0) is 19.4. The van der Waals surface area contributed by atoms with E-state index >= 15 is 0 Å². The van der Waals surface area contributed by atoms with Gasteiger partial charge < -0.3 is 60.2 Å². The minimum Gasteiger partial charge on any atom is -0.394 e. The molecule has 0 aliphatic carbocycles. The van der Waals surface area contributed by atoms with Crippen LogP contribution in [-0.4, -0.2) is 128 Å². The number of hydrogen-bond donors (Lipinski definition) is 9. The maximum Gasteiger partial charge on any atom is 0.216 e. The van der Waals surface area contributed by atoms with Gasteiger partial charge in [-0.2, -0.15) is 0 Å². The van der Waals surface area contributed by atoms with Crippen LogP contribution in [0.4, 0.5) is 0 Å². The van der Waals surface area contributed by atoms with Crippen LogP contribution in [0, 0.1) is 0 Å². The van der Waals surface area contributed by atoms with E-state index in [0.717, 1.165) is 0 Å². The van der Waals surface area contributed by atoms with E-state index in [-0.39, 0.29) is 0 Å². The van der Waals surface area contributed by atoms with Crippen LogP contribution in [0.5, 0.6) is 0 Å². The summed E-state index contributed by atoms with van der Waals surface area (Å²) in [6.45, 7) is -2.63. The Labute approximate surface area is 143 Å². The normalized spacial score (nSPS) is 34.6. The predicted octanol–water partition coefficient (Wildman–Crippen LogP) is -5.79. The molecule has 0 aromatic rings. The van der Waals surface area contributed by atoms with Gasteiger partial charge in [0.1, 0.15) is 42.7 Å². The third-order valence-corrected chi connectivity index (χ3v) is 3.95. The molecule has 0 bridgehead atoms. The molecular formula is C13H26O12. The van der Waals surface area contributed by atoms with Gasteiger partial charge in [0.15, 0.2) is 6.29 Å². The molecule has 12 heteroatoms. The number of ether oxygens (including phenoxy) is 3. The first-order chi connectivity index (χ1) is 11.6. The van der Waals surface area contributed by atoms with E-state index in [1.54, 1.807) is 0 Å². The van der Waals surface area contributed by atoms with E-state index in [2.05, 4.69) is 0 Å². The molecule has 5 unspecified atom stereocenters. The zero-order valence-corrected chi connectivity index (χ0v) is 13.5. The summed E-state index contributed by atoms with van der Waals surface area (Å²) in [5, 5.41) is 85.0. The van der Waals surface area contributed by atoms with Gasteiger partial charge in [0.05, 0.1) is 19.8 Å². The van der Waals surface area contributed by atoms with E-state index in [1.165, 1.54) is 7.11 Å². The van der Waals surface area contributed by atoms with Crippen LogP contribution in [0.25, 0.3) is 0 Å². The van der Waals surface area contributed by atoms with Gasteiger partial charge in [-0.05, 0) is 0 Å². The van der Waals surface area contributed by atoms with Crippen LogP contribution in [0.2, 0.25) is 0 Å². The minimum atomic E-state index is -3.04. The van der Waals surface area contributed by atoms with E-state index in [1.807, 2.05) is 0 Å². The maximum absolute atomic E-state index is 9.92. The van der Waals surface area contributed by atoms with Gasteiger partial charge in [0, 0.05) is 7.11 Å². The lowest BCUT2D eigenvalue weighted by molar-refractivity contribution is -0.314. The van der Waals surface area contributed by atoms with Gasteiger partial charge in [-0.3, -0.25) is 0 Å². The Morgan fingerprint density at radius 2 is 1.68 bits per heavy atom. The zero-order valence-electron chi connectivity index (χ0n) is 13.5. The molecule has 12 nitrogen and oxygen atoms in total. The van der Waals surface area contributed by atoms with E-state index in [4.69, 9.17) is 24.4 Å². The molecule has 1 aliphatic rings. The van der Waals surface area contributed by atoms with Crippen molar-refractivity contribution >= 4 is 0 Å². The Morgan fingerprint density at radius 3 is 2.16 bits per heavy atom. The van der Waals surface area contributed by atoms with E-state index < -0.39 is 74.6 Å². The van der Waals surface area contributed by atoms with Crippen LogP contribution in [0.15, 0.2) is 0 Å². The van der Waals surface area contributed by atoms with E-state index in [0.29, 0.717) is 0 Å². The highest BCUT2D eigenvalue weighted by Crippen LogP contribution is 2.24. The van der Waals surface area contributed by atoms with Crippen LogP contribution >= 0.6 is 0 Å². The van der Waals surface area contributed by atoms with Crippen molar-refractivity contribution in [2.75, 3.05) is 26.9 Å². The summed E-state index contributed by atoms with van der Waals surface area (Å²) in [4.78, 5) is 0. The fraction of sp³-hybridized carbons (Fsp3) is 1.00. The fourth-order valence-corrected chi connectivity index (χ4v) is 2.31. The largest absolute Gasteiger partial charge is 0.394 e. The van der Waals surface area contributed by atoms with Crippen molar-refractivity contribution in [3.05, 3.63) is 0 Å². The number of methoxy groups -OCH3 is 1. The Bertz CT molecular complexity index is 393. The second-order valence-electron chi connectivity index (χ2n) is 5.78. The lowest BCUT2D eigenvalue weighted by Crippen LogP contribution is -2.60. The summed E-state index contributed by atoms with van der Waals surface area (Å²) in [5.41, 5.74) is 0. The molecule has 150 valence electrons. The standard InChI is InChI=1S/C13H26O12/c1-23-10-9(19)8(18)6(2-14)25-12(10)24-3-5(16)7(17)11(20)13(21,22)4-15/h5-12,14-22H,2-4H2,1H3/t5-,6?,7+,8?,9?,10?,11-,12?/m0/s1. The van der Waals surface area contributed by atoms with Gasteiger partial charge in [0.2, 0.25) is 5.79 Å².